The number of allylic oxidation sites excluding steroid dienone is 1. The van der Waals surface area contributed by atoms with E-state index in [0.29, 0.717) is 18.4 Å². The van der Waals surface area contributed by atoms with Gasteiger partial charge in [0.05, 0.1) is 12.0 Å². The molecule has 0 aromatic rings. The summed E-state index contributed by atoms with van der Waals surface area (Å²) in [4.78, 5) is 12.6. The van der Waals surface area contributed by atoms with Gasteiger partial charge in [0.2, 0.25) is 11.6 Å². The van der Waals surface area contributed by atoms with E-state index < -0.39 is 11.2 Å². The minimum absolute atomic E-state index is 0.111. The van der Waals surface area contributed by atoms with E-state index in [0.717, 1.165) is 0 Å². The SMILES string of the molecule is CO[C@@]12OC[C@@H]3[C@@H](C)[C@@](C)(C=C(C)[C@@H]31)C2=O. The fraction of sp³-hybridized carbons (Fsp3) is 0.769. The van der Waals surface area contributed by atoms with Gasteiger partial charge >= 0.3 is 0 Å². The van der Waals surface area contributed by atoms with Crippen LogP contribution in [0.4, 0.5) is 0 Å². The molecule has 1 saturated carbocycles. The van der Waals surface area contributed by atoms with Gasteiger partial charge in [0, 0.05) is 13.0 Å². The summed E-state index contributed by atoms with van der Waals surface area (Å²) in [5.41, 5.74) is 0.847. The van der Waals surface area contributed by atoms with E-state index in [2.05, 4.69) is 19.9 Å². The second kappa shape index (κ2) is 2.77. The van der Waals surface area contributed by atoms with Gasteiger partial charge in [-0.05, 0) is 25.7 Å². The summed E-state index contributed by atoms with van der Waals surface area (Å²) >= 11 is 0. The predicted molar refractivity (Wildman–Crippen MR) is 58.7 cm³/mol. The number of carbonyl (C=O) groups is 1. The molecule has 0 amide bonds. The Bertz CT molecular complexity index is 400. The van der Waals surface area contributed by atoms with Crippen molar-refractivity contribution in [3.8, 4) is 0 Å². The highest BCUT2D eigenvalue weighted by molar-refractivity contribution is 5.96. The molecule has 4 rings (SSSR count). The average molecular weight is 222 g/mol. The topological polar surface area (TPSA) is 35.5 Å². The molecule has 0 spiro atoms. The molecular formula is C13H18O3. The molecule has 0 aromatic carbocycles. The Kier molecular flexibility index (Phi) is 1.81. The van der Waals surface area contributed by atoms with Gasteiger partial charge in [0.15, 0.2) is 0 Å². The van der Waals surface area contributed by atoms with Crippen molar-refractivity contribution in [2.75, 3.05) is 13.7 Å². The van der Waals surface area contributed by atoms with E-state index in [4.69, 9.17) is 9.47 Å². The second-order valence-corrected chi connectivity index (χ2v) is 5.61. The van der Waals surface area contributed by atoms with Gasteiger partial charge in [-0.15, -0.1) is 0 Å². The number of hydrogen-bond donors (Lipinski definition) is 0. The highest BCUT2D eigenvalue weighted by Crippen LogP contribution is 2.61. The van der Waals surface area contributed by atoms with Crippen LogP contribution in [0.3, 0.4) is 0 Å². The second-order valence-electron chi connectivity index (χ2n) is 5.61. The van der Waals surface area contributed by atoms with Crippen LogP contribution in [-0.2, 0) is 14.3 Å². The minimum atomic E-state index is -0.981. The normalized spacial score (nSPS) is 54.4. The van der Waals surface area contributed by atoms with E-state index in [-0.39, 0.29) is 11.7 Å². The van der Waals surface area contributed by atoms with Crippen LogP contribution in [0.2, 0.25) is 0 Å². The monoisotopic (exact) mass is 222 g/mol. The maximum Gasteiger partial charge on any atom is 0.236 e. The van der Waals surface area contributed by atoms with E-state index in [1.807, 2.05) is 6.92 Å². The van der Waals surface area contributed by atoms with Crippen LogP contribution in [0.5, 0.6) is 0 Å². The van der Waals surface area contributed by atoms with Gasteiger partial charge in [0.25, 0.3) is 0 Å². The van der Waals surface area contributed by atoms with Crippen LogP contribution < -0.4 is 0 Å². The molecule has 1 aliphatic heterocycles. The van der Waals surface area contributed by atoms with Gasteiger partial charge in [-0.3, -0.25) is 4.79 Å². The van der Waals surface area contributed by atoms with Crippen molar-refractivity contribution in [3.05, 3.63) is 11.6 Å². The van der Waals surface area contributed by atoms with Crippen molar-refractivity contribution in [2.24, 2.45) is 23.2 Å². The Morgan fingerprint density at radius 1 is 1.56 bits per heavy atom. The van der Waals surface area contributed by atoms with E-state index in [9.17, 15) is 4.79 Å². The number of ether oxygens (including phenoxy) is 2. The molecule has 0 aromatic heterocycles. The highest BCUT2D eigenvalue weighted by Gasteiger charge is 2.70. The zero-order valence-corrected chi connectivity index (χ0v) is 10.2. The highest BCUT2D eigenvalue weighted by atomic mass is 16.7. The number of carbonyl (C=O) groups excluding carboxylic acids is 1. The molecule has 1 heterocycles. The van der Waals surface area contributed by atoms with Crippen molar-refractivity contribution < 1.29 is 14.3 Å². The Labute approximate surface area is 95.8 Å². The third-order valence-electron chi connectivity index (χ3n) is 5.04. The van der Waals surface area contributed by atoms with Crippen LogP contribution in [-0.4, -0.2) is 25.3 Å². The molecule has 4 aliphatic rings. The van der Waals surface area contributed by atoms with Crippen LogP contribution in [0, 0.1) is 23.2 Å². The van der Waals surface area contributed by atoms with Gasteiger partial charge in [0.1, 0.15) is 0 Å². The van der Waals surface area contributed by atoms with Gasteiger partial charge < -0.3 is 9.47 Å². The molecule has 2 fully saturated rings. The van der Waals surface area contributed by atoms with Gasteiger partial charge in [-0.1, -0.05) is 18.6 Å². The molecule has 3 nitrogen and oxygen atoms in total. The molecule has 1 saturated heterocycles. The molecule has 4 bridgehead atoms. The minimum Gasteiger partial charge on any atom is -0.346 e. The summed E-state index contributed by atoms with van der Waals surface area (Å²) in [6.45, 7) is 6.92. The van der Waals surface area contributed by atoms with Crippen molar-refractivity contribution >= 4 is 5.78 Å². The summed E-state index contributed by atoms with van der Waals surface area (Å²) in [7, 11) is 1.59. The summed E-state index contributed by atoms with van der Waals surface area (Å²) in [5, 5.41) is 0. The van der Waals surface area contributed by atoms with Crippen molar-refractivity contribution in [1.82, 2.24) is 0 Å². The quantitative estimate of drug-likeness (QED) is 0.634. The lowest BCUT2D eigenvalue weighted by molar-refractivity contribution is -0.224. The summed E-state index contributed by atoms with van der Waals surface area (Å²) in [5.74, 6) is 0.0263. The van der Waals surface area contributed by atoms with Crippen molar-refractivity contribution in [2.45, 2.75) is 26.6 Å². The number of rotatable bonds is 1. The zero-order chi connectivity index (χ0) is 11.7. The summed E-state index contributed by atoms with van der Waals surface area (Å²) in [6.07, 6.45) is 2.13. The van der Waals surface area contributed by atoms with E-state index in [1.54, 1.807) is 7.11 Å². The van der Waals surface area contributed by atoms with Gasteiger partial charge in [-0.25, -0.2) is 0 Å². The lowest BCUT2D eigenvalue weighted by Crippen LogP contribution is -2.63. The maximum absolute atomic E-state index is 12.6. The molecule has 16 heavy (non-hydrogen) atoms. The van der Waals surface area contributed by atoms with Crippen LogP contribution in [0.15, 0.2) is 11.6 Å². The fourth-order valence-corrected chi connectivity index (χ4v) is 4.03. The average Bonchev–Trinajstić information content (AvgIpc) is 2.62. The molecular weight excluding hydrogens is 204 g/mol. The Morgan fingerprint density at radius 3 is 2.88 bits per heavy atom. The summed E-state index contributed by atoms with van der Waals surface area (Å²) < 4.78 is 11.2. The van der Waals surface area contributed by atoms with Crippen molar-refractivity contribution in [3.63, 3.8) is 0 Å². The summed E-state index contributed by atoms with van der Waals surface area (Å²) in [6, 6.07) is 0. The van der Waals surface area contributed by atoms with Gasteiger partial charge in [-0.2, -0.15) is 0 Å². The third-order valence-corrected chi connectivity index (χ3v) is 5.04. The number of hydrogen-bond acceptors (Lipinski definition) is 3. The standard InChI is InChI=1S/C13H18O3/c1-7-5-12(3)8(2)9-6-16-13(15-4,10(7)9)11(12)14/h5,8-10H,6H2,1-4H3/t8-,9-,10+,12-,13-/m1/s1. The zero-order valence-electron chi connectivity index (χ0n) is 10.2. The first-order valence-electron chi connectivity index (χ1n) is 5.90. The first-order valence-corrected chi connectivity index (χ1v) is 5.90. The van der Waals surface area contributed by atoms with E-state index in [1.165, 1.54) is 5.57 Å². The number of Topliss-reactive ketones (excluding diaryl/α,β-unsaturated/α-hetero) is 1. The Balaban J connectivity index is 2.25. The van der Waals surface area contributed by atoms with Crippen LogP contribution in [0.25, 0.3) is 0 Å². The van der Waals surface area contributed by atoms with Crippen LogP contribution in [0.1, 0.15) is 20.8 Å². The fourth-order valence-electron chi connectivity index (χ4n) is 4.03. The smallest absolute Gasteiger partial charge is 0.236 e. The molecule has 0 unspecified atom stereocenters. The predicted octanol–water partition coefficient (Wildman–Crippen LogP) is 1.78. The first-order chi connectivity index (χ1) is 7.47. The Hall–Kier alpha value is -0.670. The molecule has 5 atom stereocenters. The molecule has 88 valence electrons. The Morgan fingerprint density at radius 2 is 2.25 bits per heavy atom. The van der Waals surface area contributed by atoms with Crippen molar-refractivity contribution in [1.29, 1.82) is 0 Å². The molecule has 3 heteroatoms. The number of methoxy groups -OCH3 is 1. The molecule has 0 N–H and O–H groups in total. The third kappa shape index (κ3) is 0.833. The number of ketones is 1. The first kappa shape index (κ1) is 10.5. The largest absolute Gasteiger partial charge is 0.346 e. The van der Waals surface area contributed by atoms with Crippen LogP contribution >= 0.6 is 0 Å². The lowest BCUT2D eigenvalue weighted by Gasteiger charge is -2.52. The van der Waals surface area contributed by atoms with E-state index >= 15 is 0 Å². The molecule has 0 radical (unpaired) electrons. The maximum atomic E-state index is 12.6. The lowest BCUT2D eigenvalue weighted by atomic mass is 9.51. The molecule has 3 aliphatic carbocycles.